The maximum atomic E-state index is 11.3. The third-order valence-corrected chi connectivity index (χ3v) is 2.51. The van der Waals surface area contributed by atoms with Crippen LogP contribution in [0.15, 0.2) is 41.4 Å². The van der Waals surface area contributed by atoms with Gasteiger partial charge in [0, 0.05) is 17.6 Å². The summed E-state index contributed by atoms with van der Waals surface area (Å²) in [5.74, 6) is -0.00947. The molecule has 0 aliphatic rings. The summed E-state index contributed by atoms with van der Waals surface area (Å²) in [6.07, 6.45) is 1.72. The van der Waals surface area contributed by atoms with Gasteiger partial charge in [-0.2, -0.15) is 0 Å². The highest BCUT2D eigenvalue weighted by Crippen LogP contribution is 2.09. The highest BCUT2D eigenvalue weighted by Gasteiger charge is 1.99. The molecule has 0 saturated carbocycles. The van der Waals surface area contributed by atoms with E-state index in [-0.39, 0.29) is 5.91 Å². The van der Waals surface area contributed by atoms with E-state index in [0.717, 1.165) is 10.0 Å². The van der Waals surface area contributed by atoms with Crippen molar-refractivity contribution in [3.8, 4) is 0 Å². The number of carbonyl (C=O) groups excluding carboxylic acids is 1. The van der Waals surface area contributed by atoms with Crippen molar-refractivity contribution in [1.29, 1.82) is 0 Å². The Hall–Kier alpha value is -1.13. The molecule has 1 amide bonds. The number of carbonyl (C=O) groups is 1. The Labute approximate surface area is 104 Å². The van der Waals surface area contributed by atoms with Crippen LogP contribution < -0.4 is 10.6 Å². The lowest BCUT2D eigenvalue weighted by Crippen LogP contribution is -2.33. The van der Waals surface area contributed by atoms with E-state index in [1.165, 1.54) is 0 Å². The molecule has 1 rings (SSSR count). The molecule has 3 nitrogen and oxygen atoms in total. The van der Waals surface area contributed by atoms with Crippen molar-refractivity contribution in [3.63, 3.8) is 0 Å². The van der Waals surface area contributed by atoms with Crippen molar-refractivity contribution in [3.05, 3.63) is 47.0 Å². The van der Waals surface area contributed by atoms with Gasteiger partial charge in [-0.1, -0.05) is 34.1 Å². The Bertz CT molecular complexity index is 349. The quantitative estimate of drug-likeness (QED) is 0.618. The van der Waals surface area contributed by atoms with Crippen LogP contribution in [-0.4, -0.2) is 19.0 Å². The van der Waals surface area contributed by atoms with Gasteiger partial charge < -0.3 is 10.6 Å². The molecule has 0 fully saturated rings. The molecule has 4 heteroatoms. The first-order chi connectivity index (χ1) is 7.72. The number of halogens is 1. The molecule has 0 radical (unpaired) electrons. The van der Waals surface area contributed by atoms with Crippen LogP contribution in [0.4, 0.5) is 0 Å². The summed E-state index contributed by atoms with van der Waals surface area (Å²) in [7, 11) is 0. The minimum Gasteiger partial charge on any atom is -0.351 e. The van der Waals surface area contributed by atoms with E-state index in [2.05, 4.69) is 33.1 Å². The fourth-order valence-corrected chi connectivity index (χ4v) is 1.42. The number of hydrogen-bond acceptors (Lipinski definition) is 2. The molecule has 0 unspecified atom stereocenters. The predicted molar refractivity (Wildman–Crippen MR) is 69.1 cm³/mol. The van der Waals surface area contributed by atoms with Crippen molar-refractivity contribution in [2.75, 3.05) is 13.1 Å². The standard InChI is InChI=1S/C12H15BrN2O/c1-2-7-14-9-12(16)15-8-10-3-5-11(13)6-4-10/h2-6,14H,1,7-9H2,(H,15,16). The second-order valence-electron chi connectivity index (χ2n) is 3.32. The smallest absolute Gasteiger partial charge is 0.234 e. The molecule has 0 spiro atoms. The molecular weight excluding hydrogens is 268 g/mol. The summed E-state index contributed by atoms with van der Waals surface area (Å²) in [6.45, 7) is 5.08. The maximum absolute atomic E-state index is 11.3. The van der Waals surface area contributed by atoms with E-state index < -0.39 is 0 Å². The van der Waals surface area contributed by atoms with Crippen LogP contribution in [0.25, 0.3) is 0 Å². The second-order valence-corrected chi connectivity index (χ2v) is 4.24. The molecule has 0 bridgehead atoms. The van der Waals surface area contributed by atoms with E-state index >= 15 is 0 Å². The Kier molecular flexibility index (Phi) is 5.82. The average molecular weight is 283 g/mol. The summed E-state index contributed by atoms with van der Waals surface area (Å²) < 4.78 is 1.04. The lowest BCUT2D eigenvalue weighted by molar-refractivity contribution is -0.120. The molecule has 0 aliphatic heterocycles. The van der Waals surface area contributed by atoms with Crippen LogP contribution in [0, 0.1) is 0 Å². The third kappa shape index (κ3) is 5.09. The zero-order chi connectivity index (χ0) is 11.8. The minimum atomic E-state index is -0.00947. The van der Waals surface area contributed by atoms with Gasteiger partial charge in [-0.3, -0.25) is 4.79 Å². The van der Waals surface area contributed by atoms with Gasteiger partial charge in [-0.25, -0.2) is 0 Å². The van der Waals surface area contributed by atoms with Crippen molar-refractivity contribution in [1.82, 2.24) is 10.6 Å². The van der Waals surface area contributed by atoms with Crippen molar-refractivity contribution >= 4 is 21.8 Å². The molecule has 0 aliphatic carbocycles. The lowest BCUT2D eigenvalue weighted by atomic mass is 10.2. The molecule has 1 aromatic rings. The molecule has 2 N–H and O–H groups in total. The minimum absolute atomic E-state index is 0.00947. The Morgan fingerprint density at radius 1 is 1.38 bits per heavy atom. The Balaban J connectivity index is 2.26. The summed E-state index contributed by atoms with van der Waals surface area (Å²) >= 11 is 3.36. The molecule has 86 valence electrons. The molecule has 0 atom stereocenters. The number of nitrogens with one attached hydrogen (secondary N) is 2. The molecule has 0 saturated heterocycles. The first kappa shape index (κ1) is 12.9. The van der Waals surface area contributed by atoms with Crippen molar-refractivity contribution < 1.29 is 4.79 Å². The number of hydrogen-bond donors (Lipinski definition) is 2. The van der Waals surface area contributed by atoms with Crippen LogP contribution in [0.1, 0.15) is 5.56 Å². The SMILES string of the molecule is C=CCNCC(=O)NCc1ccc(Br)cc1. The van der Waals surface area contributed by atoms with Crippen LogP contribution in [0.3, 0.4) is 0 Å². The van der Waals surface area contributed by atoms with E-state index in [1.54, 1.807) is 6.08 Å². The highest BCUT2D eigenvalue weighted by molar-refractivity contribution is 9.10. The summed E-state index contributed by atoms with van der Waals surface area (Å²) in [4.78, 5) is 11.3. The molecule has 16 heavy (non-hydrogen) atoms. The number of amides is 1. The zero-order valence-electron chi connectivity index (χ0n) is 9.00. The number of benzene rings is 1. The van der Waals surface area contributed by atoms with Gasteiger partial charge >= 0.3 is 0 Å². The zero-order valence-corrected chi connectivity index (χ0v) is 10.6. The molecule has 0 aromatic heterocycles. The van der Waals surface area contributed by atoms with Crippen LogP contribution >= 0.6 is 15.9 Å². The second kappa shape index (κ2) is 7.19. The Morgan fingerprint density at radius 3 is 2.69 bits per heavy atom. The van der Waals surface area contributed by atoms with Gasteiger partial charge in [0.05, 0.1) is 6.54 Å². The lowest BCUT2D eigenvalue weighted by Gasteiger charge is -2.05. The van der Waals surface area contributed by atoms with Crippen LogP contribution in [-0.2, 0) is 11.3 Å². The first-order valence-corrected chi connectivity index (χ1v) is 5.84. The normalized spacial score (nSPS) is 9.81. The largest absolute Gasteiger partial charge is 0.351 e. The van der Waals surface area contributed by atoms with Gasteiger partial charge in [0.15, 0.2) is 0 Å². The van der Waals surface area contributed by atoms with E-state index in [4.69, 9.17) is 0 Å². The van der Waals surface area contributed by atoms with E-state index in [0.29, 0.717) is 19.6 Å². The predicted octanol–water partition coefficient (Wildman–Crippen LogP) is 1.84. The van der Waals surface area contributed by atoms with E-state index in [9.17, 15) is 4.79 Å². The highest BCUT2D eigenvalue weighted by atomic mass is 79.9. The fraction of sp³-hybridized carbons (Fsp3) is 0.250. The van der Waals surface area contributed by atoms with Gasteiger partial charge in [-0.05, 0) is 17.7 Å². The van der Waals surface area contributed by atoms with Gasteiger partial charge in [-0.15, -0.1) is 6.58 Å². The van der Waals surface area contributed by atoms with Gasteiger partial charge in [0.2, 0.25) is 5.91 Å². The van der Waals surface area contributed by atoms with Gasteiger partial charge in [0.1, 0.15) is 0 Å². The van der Waals surface area contributed by atoms with Crippen LogP contribution in [0.2, 0.25) is 0 Å². The van der Waals surface area contributed by atoms with Gasteiger partial charge in [0.25, 0.3) is 0 Å². The topological polar surface area (TPSA) is 41.1 Å². The van der Waals surface area contributed by atoms with E-state index in [1.807, 2.05) is 24.3 Å². The molecule has 0 heterocycles. The monoisotopic (exact) mass is 282 g/mol. The summed E-state index contributed by atoms with van der Waals surface area (Å²) in [5, 5.41) is 5.77. The fourth-order valence-electron chi connectivity index (χ4n) is 1.15. The molecule has 1 aromatic carbocycles. The van der Waals surface area contributed by atoms with Crippen molar-refractivity contribution in [2.24, 2.45) is 0 Å². The maximum Gasteiger partial charge on any atom is 0.234 e. The van der Waals surface area contributed by atoms with Crippen LogP contribution in [0.5, 0.6) is 0 Å². The summed E-state index contributed by atoms with van der Waals surface area (Å²) in [6, 6.07) is 7.86. The first-order valence-electron chi connectivity index (χ1n) is 5.05. The van der Waals surface area contributed by atoms with Crippen molar-refractivity contribution in [2.45, 2.75) is 6.54 Å². The number of rotatable bonds is 6. The average Bonchev–Trinajstić information content (AvgIpc) is 2.29. The Morgan fingerprint density at radius 2 is 2.06 bits per heavy atom. The third-order valence-electron chi connectivity index (χ3n) is 1.98. The summed E-state index contributed by atoms with van der Waals surface area (Å²) in [5.41, 5.74) is 1.08. The molecular formula is C12H15BrN2O.